The van der Waals surface area contributed by atoms with E-state index in [4.69, 9.17) is 4.74 Å². The second-order valence-corrected chi connectivity index (χ2v) is 10.2. The summed E-state index contributed by atoms with van der Waals surface area (Å²) >= 11 is 0. The van der Waals surface area contributed by atoms with Gasteiger partial charge in [0.25, 0.3) is 0 Å². The van der Waals surface area contributed by atoms with Crippen LogP contribution in [0.3, 0.4) is 0 Å². The molecule has 0 unspecified atom stereocenters. The molecule has 0 amide bonds. The largest absolute Gasteiger partial charge is 0.379 e. The Bertz CT molecular complexity index is 334. The smallest absolute Gasteiger partial charge is 0.0862 e. The van der Waals surface area contributed by atoms with Crippen LogP contribution < -0.4 is 5.19 Å². The van der Waals surface area contributed by atoms with E-state index in [9.17, 15) is 0 Å². The molecule has 88 valence electrons. The van der Waals surface area contributed by atoms with Crippen molar-refractivity contribution in [3.8, 4) is 0 Å². The maximum atomic E-state index is 5.83. The van der Waals surface area contributed by atoms with E-state index in [2.05, 4.69) is 50.3 Å². The molecule has 0 N–H and O–H groups in total. The summed E-state index contributed by atoms with van der Waals surface area (Å²) in [6.45, 7) is 8.18. The quantitative estimate of drug-likeness (QED) is 0.714. The third kappa shape index (κ3) is 2.23. The molecule has 2 rings (SSSR count). The average molecular weight is 234 g/mol. The molecule has 0 spiro atoms. The fraction of sp³-hybridized carbons (Fsp3) is 0.571. The third-order valence-electron chi connectivity index (χ3n) is 4.05. The summed E-state index contributed by atoms with van der Waals surface area (Å²) in [5, 5.41) is 1.57. The van der Waals surface area contributed by atoms with Crippen LogP contribution in [0.15, 0.2) is 30.3 Å². The van der Waals surface area contributed by atoms with Crippen molar-refractivity contribution in [1.82, 2.24) is 0 Å². The lowest BCUT2D eigenvalue weighted by Crippen LogP contribution is -2.51. The van der Waals surface area contributed by atoms with Crippen molar-refractivity contribution < 1.29 is 4.74 Å². The number of hydrogen-bond acceptors (Lipinski definition) is 1. The van der Waals surface area contributed by atoms with Crippen molar-refractivity contribution in [2.45, 2.75) is 44.5 Å². The molecule has 0 radical (unpaired) electrons. The van der Waals surface area contributed by atoms with Gasteiger partial charge in [-0.2, -0.15) is 0 Å². The van der Waals surface area contributed by atoms with Gasteiger partial charge < -0.3 is 4.74 Å². The Balaban J connectivity index is 2.23. The standard InChI is InChI=1S/C14H22OSi/c1-12-14(10-7-11-15-12)16(2,3)13-8-5-4-6-9-13/h4-6,8-9,12,14H,7,10-11H2,1-3H3/t12-,14+/m1/s1. The Morgan fingerprint density at radius 1 is 1.19 bits per heavy atom. The lowest BCUT2D eigenvalue weighted by Gasteiger charge is -2.40. The maximum absolute atomic E-state index is 5.83. The Morgan fingerprint density at radius 2 is 1.88 bits per heavy atom. The molecule has 0 aliphatic carbocycles. The number of ether oxygens (including phenoxy) is 1. The molecular formula is C14H22OSi. The molecule has 1 heterocycles. The van der Waals surface area contributed by atoms with Gasteiger partial charge >= 0.3 is 0 Å². The first kappa shape index (κ1) is 11.9. The zero-order valence-corrected chi connectivity index (χ0v) is 11.6. The predicted octanol–water partition coefficient (Wildman–Crippen LogP) is 3.17. The SMILES string of the molecule is C[C@H]1OCCC[C@@H]1[Si](C)(C)c1ccccc1. The van der Waals surface area contributed by atoms with Gasteiger partial charge in [0.1, 0.15) is 0 Å². The first-order valence-electron chi connectivity index (χ1n) is 6.29. The van der Waals surface area contributed by atoms with E-state index in [0.717, 1.165) is 12.1 Å². The molecule has 1 fully saturated rings. The molecular weight excluding hydrogens is 212 g/mol. The molecule has 1 aliphatic heterocycles. The minimum absolute atomic E-state index is 0.440. The van der Waals surface area contributed by atoms with E-state index in [1.807, 2.05) is 0 Å². The number of benzene rings is 1. The monoisotopic (exact) mass is 234 g/mol. The lowest BCUT2D eigenvalue weighted by atomic mass is 10.1. The van der Waals surface area contributed by atoms with Gasteiger partial charge in [-0.1, -0.05) is 48.6 Å². The highest BCUT2D eigenvalue weighted by Gasteiger charge is 2.38. The molecule has 0 bridgehead atoms. The zero-order valence-electron chi connectivity index (χ0n) is 10.6. The van der Waals surface area contributed by atoms with Crippen molar-refractivity contribution >= 4 is 13.3 Å². The summed E-state index contributed by atoms with van der Waals surface area (Å²) in [6.07, 6.45) is 3.02. The topological polar surface area (TPSA) is 9.23 Å². The van der Waals surface area contributed by atoms with E-state index in [-0.39, 0.29) is 0 Å². The molecule has 1 aromatic rings. The minimum atomic E-state index is -1.37. The molecule has 0 saturated carbocycles. The summed E-state index contributed by atoms with van der Waals surface area (Å²) in [5.74, 6) is 0. The summed E-state index contributed by atoms with van der Waals surface area (Å²) in [6, 6.07) is 11.0. The van der Waals surface area contributed by atoms with Crippen molar-refractivity contribution in [2.75, 3.05) is 6.61 Å². The van der Waals surface area contributed by atoms with E-state index in [1.54, 1.807) is 5.19 Å². The molecule has 2 heteroatoms. The first-order valence-corrected chi connectivity index (χ1v) is 9.37. The van der Waals surface area contributed by atoms with Gasteiger partial charge in [-0.05, 0) is 25.3 Å². The molecule has 0 aromatic heterocycles. The summed E-state index contributed by atoms with van der Waals surface area (Å²) in [5.41, 5.74) is 0.767. The van der Waals surface area contributed by atoms with Crippen molar-refractivity contribution in [1.29, 1.82) is 0 Å². The Morgan fingerprint density at radius 3 is 2.50 bits per heavy atom. The Kier molecular flexibility index (Phi) is 3.50. The summed E-state index contributed by atoms with van der Waals surface area (Å²) in [7, 11) is -1.37. The zero-order chi connectivity index (χ0) is 11.6. The van der Waals surface area contributed by atoms with Crippen LogP contribution in [0.5, 0.6) is 0 Å². The molecule has 1 saturated heterocycles. The van der Waals surface area contributed by atoms with Gasteiger partial charge in [0.05, 0.1) is 14.2 Å². The predicted molar refractivity (Wildman–Crippen MR) is 72.0 cm³/mol. The fourth-order valence-corrected chi connectivity index (χ4v) is 6.63. The highest BCUT2D eigenvalue weighted by Crippen LogP contribution is 2.34. The van der Waals surface area contributed by atoms with Crippen molar-refractivity contribution in [3.05, 3.63) is 30.3 Å². The maximum Gasteiger partial charge on any atom is 0.0862 e. The van der Waals surface area contributed by atoms with Crippen LogP contribution in [0.4, 0.5) is 0 Å². The molecule has 1 nitrogen and oxygen atoms in total. The molecule has 1 aliphatic rings. The van der Waals surface area contributed by atoms with Gasteiger partial charge in [-0.15, -0.1) is 0 Å². The van der Waals surface area contributed by atoms with Crippen LogP contribution in [-0.4, -0.2) is 20.8 Å². The fourth-order valence-electron chi connectivity index (χ4n) is 2.95. The molecule has 2 atom stereocenters. The van der Waals surface area contributed by atoms with Crippen LogP contribution in [0, 0.1) is 0 Å². The van der Waals surface area contributed by atoms with Gasteiger partial charge in [0.2, 0.25) is 0 Å². The van der Waals surface area contributed by atoms with E-state index in [1.165, 1.54) is 12.8 Å². The second kappa shape index (κ2) is 4.72. The van der Waals surface area contributed by atoms with Crippen LogP contribution in [0.2, 0.25) is 18.6 Å². The second-order valence-electron chi connectivity index (χ2n) is 5.41. The normalized spacial score (nSPS) is 26.7. The van der Waals surface area contributed by atoms with Crippen LogP contribution >= 0.6 is 0 Å². The summed E-state index contributed by atoms with van der Waals surface area (Å²) < 4.78 is 5.83. The van der Waals surface area contributed by atoms with Crippen molar-refractivity contribution in [3.63, 3.8) is 0 Å². The van der Waals surface area contributed by atoms with Gasteiger partial charge in [-0.3, -0.25) is 0 Å². The highest BCUT2D eigenvalue weighted by molar-refractivity contribution is 6.91. The third-order valence-corrected chi connectivity index (χ3v) is 8.49. The highest BCUT2D eigenvalue weighted by atomic mass is 28.3. The Labute approximate surface area is 99.8 Å². The molecule has 1 aromatic carbocycles. The molecule has 16 heavy (non-hydrogen) atoms. The van der Waals surface area contributed by atoms with Crippen LogP contribution in [-0.2, 0) is 4.74 Å². The number of hydrogen-bond donors (Lipinski definition) is 0. The van der Waals surface area contributed by atoms with E-state index < -0.39 is 8.07 Å². The lowest BCUT2D eigenvalue weighted by molar-refractivity contribution is 0.0271. The average Bonchev–Trinajstić information content (AvgIpc) is 2.30. The van der Waals surface area contributed by atoms with Gasteiger partial charge in [0, 0.05) is 6.61 Å². The van der Waals surface area contributed by atoms with Gasteiger partial charge in [-0.25, -0.2) is 0 Å². The van der Waals surface area contributed by atoms with E-state index in [0.29, 0.717) is 6.10 Å². The Hall–Kier alpha value is -0.603. The minimum Gasteiger partial charge on any atom is -0.379 e. The van der Waals surface area contributed by atoms with Gasteiger partial charge in [0.15, 0.2) is 0 Å². The first-order chi connectivity index (χ1) is 7.62. The summed E-state index contributed by atoms with van der Waals surface area (Å²) in [4.78, 5) is 0. The number of rotatable bonds is 2. The van der Waals surface area contributed by atoms with Crippen molar-refractivity contribution in [2.24, 2.45) is 0 Å². The van der Waals surface area contributed by atoms with Crippen LogP contribution in [0.25, 0.3) is 0 Å². The van der Waals surface area contributed by atoms with Crippen LogP contribution in [0.1, 0.15) is 19.8 Å². The van der Waals surface area contributed by atoms with E-state index >= 15 is 0 Å².